The summed E-state index contributed by atoms with van der Waals surface area (Å²) in [4.78, 5) is 17.0. The maximum absolute atomic E-state index is 12.6. The number of nitrogens with zero attached hydrogens (tertiary/aromatic N) is 2. The second-order valence-electron chi connectivity index (χ2n) is 6.13. The molecule has 5 nitrogen and oxygen atoms in total. The standard InChI is InChI=1S/C14H25N3O2.2ClH/c1-10-13(15-6-8-19-10)14(18)16(2)12-5-7-17(9-12)11-3-4-11;;/h10-13,15H,3-9H2,1-2H3;2*1H/t10-,12?,13+;;/m1../s1. The molecule has 0 spiro atoms. The molecule has 0 aromatic carbocycles. The van der Waals surface area contributed by atoms with Gasteiger partial charge in [-0.05, 0) is 26.2 Å². The van der Waals surface area contributed by atoms with Crippen molar-refractivity contribution < 1.29 is 9.53 Å². The van der Waals surface area contributed by atoms with E-state index in [4.69, 9.17) is 4.74 Å². The molecule has 2 aliphatic heterocycles. The molecule has 1 amide bonds. The Bertz CT molecular complexity index is 355. The van der Waals surface area contributed by atoms with Gasteiger partial charge in [-0.2, -0.15) is 0 Å². The number of nitrogens with one attached hydrogen (secondary N) is 1. The van der Waals surface area contributed by atoms with Crippen molar-refractivity contribution in [3.8, 4) is 0 Å². The van der Waals surface area contributed by atoms with Gasteiger partial charge >= 0.3 is 0 Å². The molecular formula is C14H27Cl2N3O2. The molecule has 0 aromatic rings. The molecule has 1 unspecified atom stereocenters. The van der Waals surface area contributed by atoms with E-state index < -0.39 is 0 Å². The van der Waals surface area contributed by atoms with Crippen LogP contribution < -0.4 is 5.32 Å². The molecule has 2 heterocycles. The zero-order valence-corrected chi connectivity index (χ0v) is 14.4. The van der Waals surface area contributed by atoms with Crippen LogP contribution in [0.1, 0.15) is 26.2 Å². The summed E-state index contributed by atoms with van der Waals surface area (Å²) in [6.07, 6.45) is 3.78. The molecule has 1 N–H and O–H groups in total. The maximum Gasteiger partial charge on any atom is 0.242 e. The van der Waals surface area contributed by atoms with Crippen molar-refractivity contribution in [1.82, 2.24) is 15.1 Å². The molecule has 1 aliphatic carbocycles. The number of hydrogen-bond acceptors (Lipinski definition) is 4. The highest BCUT2D eigenvalue weighted by Crippen LogP contribution is 2.31. The summed E-state index contributed by atoms with van der Waals surface area (Å²) in [5.41, 5.74) is 0. The number of likely N-dealkylation sites (N-methyl/N-ethyl adjacent to an activating group) is 1. The van der Waals surface area contributed by atoms with Crippen molar-refractivity contribution in [3.63, 3.8) is 0 Å². The number of ether oxygens (including phenoxy) is 1. The number of halogens is 2. The van der Waals surface area contributed by atoms with Gasteiger partial charge in [0.05, 0.1) is 12.7 Å². The summed E-state index contributed by atoms with van der Waals surface area (Å²) in [5, 5.41) is 3.29. The Morgan fingerprint density at radius 3 is 2.62 bits per heavy atom. The second-order valence-corrected chi connectivity index (χ2v) is 6.13. The third-order valence-electron chi connectivity index (χ3n) is 4.74. The summed E-state index contributed by atoms with van der Waals surface area (Å²) >= 11 is 0. The molecular weight excluding hydrogens is 313 g/mol. The van der Waals surface area contributed by atoms with Crippen LogP contribution in [0.2, 0.25) is 0 Å². The predicted molar refractivity (Wildman–Crippen MR) is 87.5 cm³/mol. The lowest BCUT2D eigenvalue weighted by molar-refractivity contribution is -0.140. The summed E-state index contributed by atoms with van der Waals surface area (Å²) in [5.74, 6) is 0.190. The van der Waals surface area contributed by atoms with Crippen molar-refractivity contribution in [2.45, 2.75) is 50.4 Å². The highest BCUT2D eigenvalue weighted by molar-refractivity contribution is 5.85. The molecule has 124 valence electrons. The lowest BCUT2D eigenvalue weighted by Gasteiger charge is -2.34. The van der Waals surface area contributed by atoms with E-state index in [0.29, 0.717) is 12.6 Å². The van der Waals surface area contributed by atoms with Gasteiger partial charge in [-0.15, -0.1) is 24.8 Å². The first kappa shape index (κ1) is 19.0. The number of carbonyl (C=O) groups excluding carboxylic acids is 1. The van der Waals surface area contributed by atoms with Crippen LogP contribution in [0.5, 0.6) is 0 Å². The van der Waals surface area contributed by atoms with Gasteiger partial charge in [0, 0.05) is 38.8 Å². The number of rotatable bonds is 3. The summed E-state index contributed by atoms with van der Waals surface area (Å²) in [6, 6.07) is 1.02. The Balaban J connectivity index is 0.00000110. The van der Waals surface area contributed by atoms with Crippen LogP contribution in [0.3, 0.4) is 0 Å². The monoisotopic (exact) mass is 339 g/mol. The number of amides is 1. The van der Waals surface area contributed by atoms with Gasteiger partial charge in [0.25, 0.3) is 0 Å². The van der Waals surface area contributed by atoms with Crippen LogP contribution in [0.15, 0.2) is 0 Å². The minimum atomic E-state index is -0.172. The largest absolute Gasteiger partial charge is 0.375 e. The van der Waals surface area contributed by atoms with Crippen molar-refractivity contribution in [3.05, 3.63) is 0 Å². The van der Waals surface area contributed by atoms with Gasteiger partial charge in [-0.1, -0.05) is 0 Å². The molecule has 3 rings (SSSR count). The molecule has 2 saturated heterocycles. The molecule has 1 saturated carbocycles. The smallest absolute Gasteiger partial charge is 0.242 e. The van der Waals surface area contributed by atoms with Crippen molar-refractivity contribution in [2.24, 2.45) is 0 Å². The average Bonchev–Trinajstić information content (AvgIpc) is 3.16. The molecule has 3 aliphatic rings. The quantitative estimate of drug-likeness (QED) is 0.829. The molecule has 0 aromatic heterocycles. The van der Waals surface area contributed by atoms with E-state index in [9.17, 15) is 4.79 Å². The Kier molecular flexibility index (Phi) is 7.20. The Morgan fingerprint density at radius 1 is 1.29 bits per heavy atom. The van der Waals surface area contributed by atoms with Gasteiger partial charge in [-0.25, -0.2) is 0 Å². The Labute approximate surface area is 139 Å². The molecule has 0 bridgehead atoms. The number of morpholine rings is 1. The van der Waals surface area contributed by atoms with E-state index >= 15 is 0 Å². The van der Waals surface area contributed by atoms with Crippen LogP contribution in [0.25, 0.3) is 0 Å². The van der Waals surface area contributed by atoms with Gasteiger partial charge in [0.2, 0.25) is 5.91 Å². The van der Waals surface area contributed by atoms with Crippen molar-refractivity contribution in [2.75, 3.05) is 33.3 Å². The van der Waals surface area contributed by atoms with Crippen LogP contribution in [-0.2, 0) is 9.53 Å². The van der Waals surface area contributed by atoms with E-state index in [1.807, 2.05) is 18.9 Å². The van der Waals surface area contributed by atoms with Crippen molar-refractivity contribution >= 4 is 30.7 Å². The fourth-order valence-corrected chi connectivity index (χ4v) is 3.26. The molecule has 0 radical (unpaired) electrons. The lowest BCUT2D eigenvalue weighted by atomic mass is 10.1. The first-order chi connectivity index (χ1) is 9.16. The number of likely N-dealkylation sites (tertiary alicyclic amines) is 1. The molecule has 3 atom stereocenters. The van der Waals surface area contributed by atoms with E-state index in [1.54, 1.807) is 0 Å². The topological polar surface area (TPSA) is 44.8 Å². The minimum Gasteiger partial charge on any atom is -0.375 e. The Morgan fingerprint density at radius 2 is 2.00 bits per heavy atom. The first-order valence-corrected chi connectivity index (χ1v) is 7.52. The molecule has 7 heteroatoms. The van der Waals surface area contributed by atoms with E-state index in [1.165, 1.54) is 12.8 Å². The third kappa shape index (κ3) is 4.23. The van der Waals surface area contributed by atoms with Crippen LogP contribution in [-0.4, -0.2) is 73.2 Å². The highest BCUT2D eigenvalue weighted by Gasteiger charge is 2.39. The van der Waals surface area contributed by atoms with Crippen LogP contribution >= 0.6 is 24.8 Å². The van der Waals surface area contributed by atoms with E-state index in [0.717, 1.165) is 32.1 Å². The maximum atomic E-state index is 12.6. The average molecular weight is 340 g/mol. The number of carbonyl (C=O) groups is 1. The second kappa shape index (κ2) is 7.97. The summed E-state index contributed by atoms with van der Waals surface area (Å²) in [6.45, 7) is 5.65. The zero-order valence-electron chi connectivity index (χ0n) is 12.8. The fraction of sp³-hybridized carbons (Fsp3) is 0.929. The normalized spacial score (nSPS) is 33.0. The SMILES string of the molecule is C[C@H]1OCCN[C@@H]1C(=O)N(C)C1CCN(C2CC2)C1.Cl.Cl. The number of hydrogen-bond donors (Lipinski definition) is 1. The van der Waals surface area contributed by atoms with Crippen LogP contribution in [0.4, 0.5) is 0 Å². The summed E-state index contributed by atoms with van der Waals surface area (Å²) < 4.78 is 5.57. The highest BCUT2D eigenvalue weighted by atomic mass is 35.5. The first-order valence-electron chi connectivity index (χ1n) is 7.52. The van der Waals surface area contributed by atoms with Gasteiger partial charge < -0.3 is 15.0 Å². The van der Waals surface area contributed by atoms with Gasteiger partial charge in [-0.3, -0.25) is 9.69 Å². The fourth-order valence-electron chi connectivity index (χ4n) is 3.26. The van der Waals surface area contributed by atoms with Gasteiger partial charge in [0.15, 0.2) is 0 Å². The van der Waals surface area contributed by atoms with Crippen molar-refractivity contribution in [1.29, 1.82) is 0 Å². The van der Waals surface area contributed by atoms with Crippen LogP contribution in [0, 0.1) is 0 Å². The molecule has 3 fully saturated rings. The van der Waals surface area contributed by atoms with E-state index in [2.05, 4.69) is 10.2 Å². The van der Waals surface area contributed by atoms with E-state index in [-0.39, 0.29) is 42.9 Å². The Hall–Kier alpha value is -0.0700. The van der Waals surface area contributed by atoms with Gasteiger partial charge in [0.1, 0.15) is 6.04 Å². The minimum absolute atomic E-state index is 0. The summed E-state index contributed by atoms with van der Waals surface area (Å²) in [7, 11) is 1.95. The predicted octanol–water partition coefficient (Wildman–Crippen LogP) is 0.902. The molecule has 21 heavy (non-hydrogen) atoms. The third-order valence-corrected chi connectivity index (χ3v) is 4.74. The zero-order chi connectivity index (χ0) is 13.4. The lowest BCUT2D eigenvalue weighted by Crippen LogP contribution is -2.57.